The molecule has 0 spiro atoms. The van der Waals surface area contributed by atoms with Gasteiger partial charge in [-0.25, -0.2) is 0 Å². The standard InChI is InChI=1S/C17H26N2O2/c1-3-21-14-7-8-15(13(2)11-14)19-16(20)17(12-18)9-5-4-6-10-17/h7-8,11H,3-6,9-10,12,18H2,1-2H3,(H,19,20). The fourth-order valence-corrected chi connectivity index (χ4v) is 3.04. The van der Waals surface area contributed by atoms with Crippen LogP contribution in [0.3, 0.4) is 0 Å². The summed E-state index contributed by atoms with van der Waals surface area (Å²) in [6.07, 6.45) is 5.17. The lowest BCUT2D eigenvalue weighted by Crippen LogP contribution is -2.43. The molecule has 0 aliphatic heterocycles. The molecule has 2 rings (SSSR count). The smallest absolute Gasteiger partial charge is 0.231 e. The van der Waals surface area contributed by atoms with Gasteiger partial charge in [-0.05, 0) is 50.5 Å². The van der Waals surface area contributed by atoms with Gasteiger partial charge in [-0.1, -0.05) is 19.3 Å². The molecule has 4 nitrogen and oxygen atoms in total. The summed E-state index contributed by atoms with van der Waals surface area (Å²) < 4.78 is 5.47. The third-order valence-corrected chi connectivity index (χ3v) is 4.44. The average Bonchev–Trinajstić information content (AvgIpc) is 2.51. The van der Waals surface area contributed by atoms with Crippen molar-refractivity contribution in [3.8, 4) is 5.75 Å². The fraction of sp³-hybridized carbons (Fsp3) is 0.588. The van der Waals surface area contributed by atoms with Crippen LogP contribution in [-0.4, -0.2) is 19.1 Å². The van der Waals surface area contributed by atoms with Crippen LogP contribution in [0.25, 0.3) is 0 Å². The van der Waals surface area contributed by atoms with Gasteiger partial charge < -0.3 is 15.8 Å². The quantitative estimate of drug-likeness (QED) is 0.875. The van der Waals surface area contributed by atoms with E-state index in [9.17, 15) is 4.79 Å². The molecule has 0 aromatic heterocycles. The average molecular weight is 290 g/mol. The summed E-state index contributed by atoms with van der Waals surface area (Å²) in [7, 11) is 0. The Morgan fingerprint density at radius 3 is 2.62 bits per heavy atom. The van der Waals surface area contributed by atoms with Gasteiger partial charge in [0.1, 0.15) is 5.75 Å². The van der Waals surface area contributed by atoms with Crippen molar-refractivity contribution in [2.75, 3.05) is 18.5 Å². The Balaban J connectivity index is 2.11. The first-order chi connectivity index (χ1) is 10.1. The van der Waals surface area contributed by atoms with Gasteiger partial charge in [0.15, 0.2) is 0 Å². The molecule has 4 heteroatoms. The lowest BCUT2D eigenvalue weighted by atomic mass is 9.73. The summed E-state index contributed by atoms with van der Waals surface area (Å²) in [5, 5.41) is 3.07. The second-order valence-corrected chi connectivity index (χ2v) is 5.91. The van der Waals surface area contributed by atoms with Gasteiger partial charge in [0.25, 0.3) is 0 Å². The van der Waals surface area contributed by atoms with Crippen molar-refractivity contribution in [3.63, 3.8) is 0 Å². The Labute approximate surface area is 127 Å². The first-order valence-corrected chi connectivity index (χ1v) is 7.86. The Morgan fingerprint density at radius 1 is 1.33 bits per heavy atom. The predicted octanol–water partition coefficient (Wildman–Crippen LogP) is 3.24. The number of aryl methyl sites for hydroxylation is 1. The lowest BCUT2D eigenvalue weighted by Gasteiger charge is -2.34. The summed E-state index contributed by atoms with van der Waals surface area (Å²) in [6.45, 7) is 5.00. The van der Waals surface area contributed by atoms with Crippen molar-refractivity contribution in [1.82, 2.24) is 0 Å². The summed E-state index contributed by atoms with van der Waals surface area (Å²) >= 11 is 0. The van der Waals surface area contributed by atoms with E-state index in [1.165, 1.54) is 6.42 Å². The van der Waals surface area contributed by atoms with Crippen molar-refractivity contribution in [2.45, 2.75) is 46.0 Å². The molecule has 0 radical (unpaired) electrons. The Morgan fingerprint density at radius 2 is 2.05 bits per heavy atom. The first-order valence-electron chi connectivity index (χ1n) is 7.86. The summed E-state index contributed by atoms with van der Waals surface area (Å²) in [4.78, 5) is 12.7. The minimum atomic E-state index is -0.386. The third-order valence-electron chi connectivity index (χ3n) is 4.44. The topological polar surface area (TPSA) is 64.3 Å². The molecular weight excluding hydrogens is 264 g/mol. The van der Waals surface area contributed by atoms with Gasteiger partial charge in [-0.2, -0.15) is 0 Å². The van der Waals surface area contributed by atoms with Crippen LogP contribution in [0.2, 0.25) is 0 Å². The highest BCUT2D eigenvalue weighted by Crippen LogP contribution is 2.36. The maximum atomic E-state index is 12.7. The van der Waals surface area contributed by atoms with E-state index in [-0.39, 0.29) is 11.3 Å². The highest BCUT2D eigenvalue weighted by atomic mass is 16.5. The Hall–Kier alpha value is -1.55. The molecule has 21 heavy (non-hydrogen) atoms. The number of benzene rings is 1. The number of nitrogens with two attached hydrogens (primary N) is 1. The maximum Gasteiger partial charge on any atom is 0.231 e. The van der Waals surface area contributed by atoms with Crippen molar-refractivity contribution in [1.29, 1.82) is 0 Å². The minimum absolute atomic E-state index is 0.0666. The lowest BCUT2D eigenvalue weighted by molar-refractivity contribution is -0.126. The van der Waals surface area contributed by atoms with E-state index in [2.05, 4.69) is 5.32 Å². The number of hydrogen-bond acceptors (Lipinski definition) is 3. The Kier molecular flexibility index (Phi) is 5.23. The molecule has 1 aromatic rings. The van der Waals surface area contributed by atoms with E-state index < -0.39 is 0 Å². The van der Waals surface area contributed by atoms with Crippen LogP contribution >= 0.6 is 0 Å². The molecule has 1 aliphatic carbocycles. The number of ether oxygens (including phenoxy) is 1. The number of nitrogens with one attached hydrogen (secondary N) is 1. The van der Waals surface area contributed by atoms with Crippen LogP contribution in [0.4, 0.5) is 5.69 Å². The highest BCUT2D eigenvalue weighted by Gasteiger charge is 2.38. The van der Waals surface area contributed by atoms with Crippen molar-refractivity contribution in [2.24, 2.45) is 11.1 Å². The monoisotopic (exact) mass is 290 g/mol. The molecule has 3 N–H and O–H groups in total. The van der Waals surface area contributed by atoms with Gasteiger partial charge in [0, 0.05) is 12.2 Å². The highest BCUT2D eigenvalue weighted by molar-refractivity contribution is 5.96. The second-order valence-electron chi connectivity index (χ2n) is 5.91. The molecule has 0 atom stereocenters. The second kappa shape index (κ2) is 6.94. The molecule has 116 valence electrons. The molecule has 0 bridgehead atoms. The van der Waals surface area contributed by atoms with Crippen LogP contribution in [0.15, 0.2) is 18.2 Å². The van der Waals surface area contributed by atoms with Gasteiger partial charge in [-0.15, -0.1) is 0 Å². The number of carbonyl (C=O) groups is 1. The zero-order valence-electron chi connectivity index (χ0n) is 13.1. The molecular formula is C17H26N2O2. The zero-order valence-corrected chi connectivity index (χ0v) is 13.1. The molecule has 1 aliphatic rings. The van der Waals surface area contributed by atoms with Crippen molar-refractivity contribution < 1.29 is 9.53 Å². The number of hydrogen-bond donors (Lipinski definition) is 2. The zero-order chi connectivity index (χ0) is 15.3. The van der Waals surface area contributed by atoms with E-state index >= 15 is 0 Å². The van der Waals surface area contributed by atoms with Gasteiger partial charge in [0.05, 0.1) is 12.0 Å². The van der Waals surface area contributed by atoms with Crippen LogP contribution in [0.5, 0.6) is 5.75 Å². The van der Waals surface area contributed by atoms with Crippen LogP contribution in [-0.2, 0) is 4.79 Å². The molecule has 1 amide bonds. The van der Waals surface area contributed by atoms with Crippen LogP contribution in [0.1, 0.15) is 44.6 Å². The Bertz CT molecular complexity index is 494. The van der Waals surface area contributed by atoms with Crippen molar-refractivity contribution in [3.05, 3.63) is 23.8 Å². The van der Waals surface area contributed by atoms with E-state index in [1.54, 1.807) is 0 Å². The van der Waals surface area contributed by atoms with E-state index in [4.69, 9.17) is 10.5 Å². The SMILES string of the molecule is CCOc1ccc(NC(=O)C2(CN)CCCCC2)c(C)c1. The summed E-state index contributed by atoms with van der Waals surface area (Å²) in [5.41, 5.74) is 7.39. The first kappa shape index (κ1) is 15.8. The minimum Gasteiger partial charge on any atom is -0.494 e. The normalized spacial score (nSPS) is 17.3. The number of anilines is 1. The molecule has 1 aromatic carbocycles. The van der Waals surface area contributed by atoms with E-state index in [0.29, 0.717) is 13.2 Å². The van der Waals surface area contributed by atoms with Crippen LogP contribution in [0, 0.1) is 12.3 Å². The fourth-order valence-electron chi connectivity index (χ4n) is 3.04. The maximum absolute atomic E-state index is 12.7. The van der Waals surface area contributed by atoms with Gasteiger partial charge in [-0.3, -0.25) is 4.79 Å². The van der Waals surface area contributed by atoms with E-state index in [0.717, 1.165) is 42.7 Å². The van der Waals surface area contributed by atoms with Gasteiger partial charge in [0.2, 0.25) is 5.91 Å². The van der Waals surface area contributed by atoms with Gasteiger partial charge >= 0.3 is 0 Å². The molecule has 0 heterocycles. The number of carbonyl (C=O) groups excluding carboxylic acids is 1. The largest absolute Gasteiger partial charge is 0.494 e. The number of rotatable bonds is 5. The molecule has 1 fully saturated rings. The number of amides is 1. The summed E-state index contributed by atoms with van der Waals surface area (Å²) in [6, 6.07) is 5.75. The molecule has 0 unspecified atom stereocenters. The van der Waals surface area contributed by atoms with E-state index in [1.807, 2.05) is 32.0 Å². The molecule has 0 saturated heterocycles. The predicted molar refractivity (Wildman–Crippen MR) is 85.6 cm³/mol. The molecule has 1 saturated carbocycles. The van der Waals surface area contributed by atoms with Crippen molar-refractivity contribution >= 4 is 11.6 Å². The van der Waals surface area contributed by atoms with Crippen LogP contribution < -0.4 is 15.8 Å². The summed E-state index contributed by atoms with van der Waals surface area (Å²) in [5.74, 6) is 0.899. The third kappa shape index (κ3) is 3.56.